The maximum atomic E-state index is 12.8. The van der Waals surface area contributed by atoms with E-state index in [1.807, 2.05) is 0 Å². The molecule has 0 unspecified atom stereocenters. The third-order valence-electron chi connectivity index (χ3n) is 11.6. The van der Waals surface area contributed by atoms with Crippen LogP contribution in [0.25, 0.3) is 0 Å². The first-order valence-electron chi connectivity index (χ1n) is 26.5. The lowest BCUT2D eigenvalue weighted by molar-refractivity contribution is -0.167. The average molecular weight is 857 g/mol. The number of allylic oxidation sites excluding steroid dienone is 6. The summed E-state index contributed by atoms with van der Waals surface area (Å²) in [5, 5.41) is 0. The lowest BCUT2D eigenvalue weighted by atomic mass is 10.0. The minimum Gasteiger partial charge on any atom is -0.462 e. The first kappa shape index (κ1) is 58.6. The molecule has 0 spiro atoms. The third-order valence-corrected chi connectivity index (χ3v) is 11.6. The molecule has 0 fully saturated rings. The van der Waals surface area contributed by atoms with E-state index in [-0.39, 0.29) is 31.1 Å². The van der Waals surface area contributed by atoms with Crippen LogP contribution >= 0.6 is 0 Å². The van der Waals surface area contributed by atoms with Gasteiger partial charge in [-0.1, -0.05) is 218 Å². The Balaban J connectivity index is 4.38. The van der Waals surface area contributed by atoms with Crippen LogP contribution in [0.5, 0.6) is 0 Å². The summed E-state index contributed by atoms with van der Waals surface area (Å²) >= 11 is 0. The standard InChI is InChI=1S/C55H100O6/c1-4-7-10-13-16-19-22-25-27-30-33-36-39-42-45-48-54(57)60-51-52(50-59-53(56)47-44-41-38-35-32-29-24-21-18-15-12-9-6-3)61-55(58)49-46-43-40-37-34-31-28-26-23-20-17-14-11-8-5-2/h16,19-20,23,25,27,52H,4-15,17-18,21-22,24,26,28-51H2,1-3H3/b19-16-,23-20-,27-25-/t52-/m0/s1. The van der Waals surface area contributed by atoms with Gasteiger partial charge in [0.1, 0.15) is 13.2 Å². The minimum absolute atomic E-state index is 0.0754. The summed E-state index contributed by atoms with van der Waals surface area (Å²) in [6.07, 6.45) is 58.3. The number of ether oxygens (including phenoxy) is 3. The van der Waals surface area contributed by atoms with Crippen molar-refractivity contribution in [3.05, 3.63) is 36.5 Å². The monoisotopic (exact) mass is 857 g/mol. The Morgan fingerprint density at radius 2 is 0.590 bits per heavy atom. The predicted molar refractivity (Wildman–Crippen MR) is 261 cm³/mol. The number of hydrogen-bond acceptors (Lipinski definition) is 6. The van der Waals surface area contributed by atoms with E-state index in [9.17, 15) is 14.4 Å². The molecule has 61 heavy (non-hydrogen) atoms. The summed E-state index contributed by atoms with van der Waals surface area (Å²) in [5.41, 5.74) is 0. The van der Waals surface area contributed by atoms with E-state index in [1.165, 1.54) is 161 Å². The first-order chi connectivity index (χ1) is 30.0. The molecule has 0 aromatic carbocycles. The van der Waals surface area contributed by atoms with E-state index >= 15 is 0 Å². The van der Waals surface area contributed by atoms with Crippen molar-refractivity contribution in [2.45, 2.75) is 284 Å². The van der Waals surface area contributed by atoms with Gasteiger partial charge in [-0.15, -0.1) is 0 Å². The van der Waals surface area contributed by atoms with Crippen molar-refractivity contribution in [1.29, 1.82) is 0 Å². The van der Waals surface area contributed by atoms with Crippen LogP contribution in [0.1, 0.15) is 278 Å². The van der Waals surface area contributed by atoms with E-state index in [0.717, 1.165) is 77.0 Å². The second kappa shape index (κ2) is 50.3. The Hall–Kier alpha value is -2.37. The number of carbonyl (C=O) groups excluding carboxylic acids is 3. The van der Waals surface area contributed by atoms with Crippen LogP contribution < -0.4 is 0 Å². The molecule has 0 aromatic rings. The molecule has 6 heteroatoms. The minimum atomic E-state index is -0.776. The number of unbranched alkanes of at least 4 members (excludes halogenated alkanes) is 31. The Morgan fingerprint density at radius 1 is 0.328 bits per heavy atom. The molecule has 356 valence electrons. The highest BCUT2D eigenvalue weighted by Crippen LogP contribution is 2.15. The molecule has 0 aliphatic rings. The largest absolute Gasteiger partial charge is 0.462 e. The smallest absolute Gasteiger partial charge is 0.306 e. The van der Waals surface area contributed by atoms with Gasteiger partial charge in [0.15, 0.2) is 6.10 Å². The van der Waals surface area contributed by atoms with Crippen LogP contribution in [0.15, 0.2) is 36.5 Å². The van der Waals surface area contributed by atoms with Crippen LogP contribution in [0, 0.1) is 0 Å². The number of rotatable bonds is 48. The third kappa shape index (κ3) is 48.5. The zero-order valence-electron chi connectivity index (χ0n) is 40.7. The molecular weight excluding hydrogens is 757 g/mol. The zero-order chi connectivity index (χ0) is 44.4. The fourth-order valence-electron chi connectivity index (χ4n) is 7.59. The van der Waals surface area contributed by atoms with Gasteiger partial charge in [-0.05, 0) is 77.0 Å². The normalized spacial score (nSPS) is 12.2. The maximum absolute atomic E-state index is 12.8. The average Bonchev–Trinajstić information content (AvgIpc) is 3.26. The second-order valence-electron chi connectivity index (χ2n) is 17.8. The van der Waals surface area contributed by atoms with Crippen molar-refractivity contribution in [1.82, 2.24) is 0 Å². The molecule has 0 N–H and O–H groups in total. The van der Waals surface area contributed by atoms with Gasteiger partial charge in [0.25, 0.3) is 0 Å². The van der Waals surface area contributed by atoms with Crippen LogP contribution in [0.4, 0.5) is 0 Å². The van der Waals surface area contributed by atoms with Gasteiger partial charge in [0.2, 0.25) is 0 Å². The van der Waals surface area contributed by atoms with Gasteiger partial charge in [0, 0.05) is 19.3 Å². The lowest BCUT2D eigenvalue weighted by Crippen LogP contribution is -2.30. The van der Waals surface area contributed by atoms with E-state index in [2.05, 4.69) is 57.2 Å². The molecule has 0 aliphatic heterocycles. The Kier molecular flexibility index (Phi) is 48.3. The molecular formula is C55H100O6. The molecule has 0 aliphatic carbocycles. The van der Waals surface area contributed by atoms with Crippen molar-refractivity contribution in [3.8, 4) is 0 Å². The highest BCUT2D eigenvalue weighted by Gasteiger charge is 2.19. The van der Waals surface area contributed by atoms with E-state index < -0.39 is 6.10 Å². The van der Waals surface area contributed by atoms with E-state index in [1.54, 1.807) is 0 Å². The van der Waals surface area contributed by atoms with Crippen molar-refractivity contribution in [3.63, 3.8) is 0 Å². The van der Waals surface area contributed by atoms with Crippen molar-refractivity contribution in [2.75, 3.05) is 13.2 Å². The van der Waals surface area contributed by atoms with Crippen LogP contribution in [0.2, 0.25) is 0 Å². The molecule has 0 heterocycles. The molecule has 0 saturated carbocycles. The zero-order valence-corrected chi connectivity index (χ0v) is 40.7. The van der Waals surface area contributed by atoms with Crippen molar-refractivity contribution < 1.29 is 28.6 Å². The summed E-state index contributed by atoms with van der Waals surface area (Å²) in [7, 11) is 0. The first-order valence-corrected chi connectivity index (χ1v) is 26.5. The molecule has 0 aromatic heterocycles. The molecule has 1 atom stereocenters. The highest BCUT2D eigenvalue weighted by atomic mass is 16.6. The fourth-order valence-corrected chi connectivity index (χ4v) is 7.59. The number of hydrogen-bond donors (Lipinski definition) is 0. The summed E-state index contributed by atoms with van der Waals surface area (Å²) in [5.74, 6) is -0.883. The van der Waals surface area contributed by atoms with Gasteiger partial charge in [-0.2, -0.15) is 0 Å². The fraction of sp³-hybridized carbons (Fsp3) is 0.836. The molecule has 0 radical (unpaired) electrons. The second-order valence-corrected chi connectivity index (χ2v) is 17.8. The van der Waals surface area contributed by atoms with Crippen LogP contribution in [-0.4, -0.2) is 37.2 Å². The van der Waals surface area contributed by atoms with E-state index in [0.29, 0.717) is 19.3 Å². The lowest BCUT2D eigenvalue weighted by Gasteiger charge is -2.18. The predicted octanol–water partition coefficient (Wildman–Crippen LogP) is 17.3. The molecule has 0 bridgehead atoms. The molecule has 6 nitrogen and oxygen atoms in total. The van der Waals surface area contributed by atoms with Gasteiger partial charge < -0.3 is 14.2 Å². The molecule has 0 saturated heterocycles. The number of carbonyl (C=O) groups is 3. The van der Waals surface area contributed by atoms with E-state index in [4.69, 9.17) is 14.2 Å². The SMILES string of the molecule is CCCCC/C=C\C/C=C\CCCCCCCC(=O)OC[C@H](COC(=O)CCCCCCCCCCCCCCC)OC(=O)CCCCCCCCC/C=C\CCCCCC. The van der Waals surface area contributed by atoms with Crippen molar-refractivity contribution >= 4 is 17.9 Å². The Labute approximate surface area is 378 Å². The molecule has 0 rings (SSSR count). The maximum Gasteiger partial charge on any atom is 0.306 e. The summed E-state index contributed by atoms with van der Waals surface area (Å²) in [6, 6.07) is 0. The van der Waals surface area contributed by atoms with Gasteiger partial charge in [0.05, 0.1) is 0 Å². The summed E-state index contributed by atoms with van der Waals surface area (Å²) < 4.78 is 16.8. The Bertz CT molecular complexity index is 1030. The van der Waals surface area contributed by atoms with Crippen LogP contribution in [0.3, 0.4) is 0 Å². The highest BCUT2D eigenvalue weighted by molar-refractivity contribution is 5.71. The number of esters is 3. The summed E-state index contributed by atoms with van der Waals surface area (Å²) in [6.45, 7) is 6.60. The van der Waals surface area contributed by atoms with Crippen molar-refractivity contribution in [2.24, 2.45) is 0 Å². The van der Waals surface area contributed by atoms with Gasteiger partial charge >= 0.3 is 17.9 Å². The molecule has 0 amide bonds. The van der Waals surface area contributed by atoms with Crippen LogP contribution in [-0.2, 0) is 28.6 Å². The van der Waals surface area contributed by atoms with Gasteiger partial charge in [-0.3, -0.25) is 14.4 Å². The Morgan fingerprint density at radius 3 is 0.967 bits per heavy atom. The summed E-state index contributed by atoms with van der Waals surface area (Å²) in [4.78, 5) is 38.0. The topological polar surface area (TPSA) is 78.9 Å². The van der Waals surface area contributed by atoms with Gasteiger partial charge in [-0.25, -0.2) is 0 Å². The quantitative estimate of drug-likeness (QED) is 0.0262.